The molecular weight excluding hydrogens is 358 g/mol. The zero-order chi connectivity index (χ0) is 19.8. The van der Waals surface area contributed by atoms with Gasteiger partial charge in [-0.3, -0.25) is 0 Å². The summed E-state index contributed by atoms with van der Waals surface area (Å²) in [5.41, 5.74) is 5.55. The Morgan fingerprint density at radius 1 is 1.04 bits per heavy atom. The molecule has 0 unspecified atom stereocenters. The van der Waals surface area contributed by atoms with Crippen molar-refractivity contribution in [1.82, 2.24) is 4.57 Å². The van der Waals surface area contributed by atoms with E-state index >= 15 is 0 Å². The molecule has 3 aromatic rings. The Bertz CT molecular complexity index is 979. The third kappa shape index (κ3) is 3.65. The van der Waals surface area contributed by atoms with Crippen molar-refractivity contribution in [2.45, 2.75) is 33.1 Å². The van der Waals surface area contributed by atoms with Crippen LogP contribution in [0.25, 0.3) is 16.9 Å². The molecule has 2 aromatic carbocycles. The number of esters is 1. The van der Waals surface area contributed by atoms with Gasteiger partial charge in [-0.2, -0.15) is 0 Å². The molecule has 3 nitrogen and oxygen atoms in total. The Morgan fingerprint density at radius 3 is 2.26 bits per heavy atom. The van der Waals surface area contributed by atoms with E-state index in [1.54, 1.807) is 0 Å². The lowest BCUT2D eigenvalue weighted by molar-refractivity contribution is 0.0600. The molecule has 0 aliphatic carbocycles. The van der Waals surface area contributed by atoms with Crippen molar-refractivity contribution >= 4 is 17.6 Å². The molecule has 0 saturated heterocycles. The summed E-state index contributed by atoms with van der Waals surface area (Å²) in [6.07, 6.45) is 0. The van der Waals surface area contributed by atoms with Crippen LogP contribution in [0.1, 0.15) is 42.4 Å². The number of rotatable bonds is 3. The van der Waals surface area contributed by atoms with Gasteiger partial charge in [0.25, 0.3) is 0 Å². The minimum Gasteiger partial charge on any atom is -0.465 e. The molecule has 1 aromatic heterocycles. The second-order valence-corrected chi connectivity index (χ2v) is 8.07. The molecule has 0 N–H and O–H groups in total. The minimum absolute atomic E-state index is 0.0456. The molecule has 0 bridgehead atoms. The van der Waals surface area contributed by atoms with Gasteiger partial charge in [-0.25, -0.2) is 4.79 Å². The first-order valence-electron chi connectivity index (χ1n) is 8.90. The van der Waals surface area contributed by atoms with Gasteiger partial charge in [0.05, 0.1) is 18.4 Å². The minimum atomic E-state index is -0.338. The summed E-state index contributed by atoms with van der Waals surface area (Å²) >= 11 is 6.07. The fourth-order valence-corrected chi connectivity index (χ4v) is 3.50. The third-order valence-corrected chi connectivity index (χ3v) is 5.00. The molecule has 0 fully saturated rings. The zero-order valence-corrected chi connectivity index (χ0v) is 17.1. The van der Waals surface area contributed by atoms with Crippen LogP contribution in [-0.4, -0.2) is 17.6 Å². The third-order valence-electron chi connectivity index (χ3n) is 4.75. The van der Waals surface area contributed by atoms with Crippen LogP contribution in [0.3, 0.4) is 0 Å². The number of ether oxygens (including phenoxy) is 1. The predicted octanol–water partition coefficient (Wildman–Crippen LogP) is 6.19. The Balaban J connectivity index is 2.34. The van der Waals surface area contributed by atoms with Gasteiger partial charge in [-0.05, 0) is 47.7 Å². The highest BCUT2D eigenvalue weighted by Crippen LogP contribution is 2.35. The molecule has 0 saturated carbocycles. The lowest BCUT2D eigenvalue weighted by Gasteiger charge is -2.25. The van der Waals surface area contributed by atoms with Crippen molar-refractivity contribution in [2.24, 2.45) is 0 Å². The van der Waals surface area contributed by atoms with E-state index in [1.165, 1.54) is 12.7 Å². The van der Waals surface area contributed by atoms with Gasteiger partial charge in [0, 0.05) is 16.4 Å². The largest absolute Gasteiger partial charge is 0.465 e. The molecule has 0 aliphatic rings. The first-order valence-corrected chi connectivity index (χ1v) is 9.28. The molecule has 4 heteroatoms. The molecule has 1 heterocycles. The molecular formula is C23H24ClNO2. The van der Waals surface area contributed by atoms with Crippen LogP contribution in [0, 0.1) is 6.92 Å². The highest BCUT2D eigenvalue weighted by atomic mass is 35.5. The summed E-state index contributed by atoms with van der Waals surface area (Å²) in [5, 5.41) is 0.678. The van der Waals surface area contributed by atoms with Crippen molar-refractivity contribution in [2.75, 3.05) is 7.11 Å². The van der Waals surface area contributed by atoms with Crippen molar-refractivity contribution in [3.05, 3.63) is 76.4 Å². The number of aromatic nitrogens is 1. The topological polar surface area (TPSA) is 31.2 Å². The molecule has 0 amide bonds. The Kier molecular flexibility index (Phi) is 5.16. The van der Waals surface area contributed by atoms with Crippen LogP contribution >= 0.6 is 11.6 Å². The maximum absolute atomic E-state index is 12.3. The molecule has 0 radical (unpaired) electrons. The van der Waals surface area contributed by atoms with E-state index in [4.69, 9.17) is 16.3 Å². The molecule has 0 atom stereocenters. The van der Waals surface area contributed by atoms with Gasteiger partial charge in [0.1, 0.15) is 0 Å². The van der Waals surface area contributed by atoms with Crippen LogP contribution in [-0.2, 0) is 10.2 Å². The van der Waals surface area contributed by atoms with Gasteiger partial charge in [0.2, 0.25) is 0 Å². The summed E-state index contributed by atoms with van der Waals surface area (Å²) in [7, 11) is 1.41. The summed E-state index contributed by atoms with van der Waals surface area (Å²) in [4.78, 5) is 12.3. The van der Waals surface area contributed by atoms with Crippen molar-refractivity contribution in [3.63, 3.8) is 0 Å². The molecule has 140 valence electrons. The maximum atomic E-state index is 12.3. The van der Waals surface area contributed by atoms with Gasteiger partial charge >= 0.3 is 5.97 Å². The number of methoxy groups -OCH3 is 1. The highest BCUT2D eigenvalue weighted by Gasteiger charge is 2.24. The number of hydrogen-bond donors (Lipinski definition) is 0. The van der Waals surface area contributed by atoms with Crippen LogP contribution in [0.15, 0.2) is 54.6 Å². The van der Waals surface area contributed by atoms with Crippen LogP contribution in [0.2, 0.25) is 5.02 Å². The first-order chi connectivity index (χ1) is 12.7. The van der Waals surface area contributed by atoms with E-state index in [9.17, 15) is 4.79 Å². The van der Waals surface area contributed by atoms with Crippen LogP contribution in [0.4, 0.5) is 0 Å². The lowest BCUT2D eigenvalue weighted by Crippen LogP contribution is -2.16. The van der Waals surface area contributed by atoms with E-state index in [2.05, 4.69) is 37.5 Å². The Morgan fingerprint density at radius 2 is 1.67 bits per heavy atom. The fourth-order valence-electron chi connectivity index (χ4n) is 3.37. The lowest BCUT2D eigenvalue weighted by atomic mass is 9.85. The Hall–Kier alpha value is -2.52. The van der Waals surface area contributed by atoms with E-state index in [1.807, 2.05) is 49.4 Å². The van der Waals surface area contributed by atoms with Gasteiger partial charge in [-0.15, -0.1) is 0 Å². The smallest absolute Gasteiger partial charge is 0.339 e. The van der Waals surface area contributed by atoms with Crippen molar-refractivity contribution < 1.29 is 9.53 Å². The second kappa shape index (κ2) is 7.24. The Labute approximate surface area is 165 Å². The van der Waals surface area contributed by atoms with E-state index in [0.717, 1.165) is 22.6 Å². The maximum Gasteiger partial charge on any atom is 0.339 e. The van der Waals surface area contributed by atoms with Gasteiger partial charge in [0.15, 0.2) is 0 Å². The average Bonchev–Trinajstić information content (AvgIpc) is 2.98. The summed E-state index contributed by atoms with van der Waals surface area (Å²) in [6.45, 7) is 8.51. The van der Waals surface area contributed by atoms with Crippen LogP contribution in [0.5, 0.6) is 0 Å². The summed E-state index contributed by atoms with van der Waals surface area (Å²) in [5.74, 6) is -0.338. The van der Waals surface area contributed by atoms with E-state index in [0.29, 0.717) is 10.6 Å². The van der Waals surface area contributed by atoms with E-state index in [-0.39, 0.29) is 11.4 Å². The van der Waals surface area contributed by atoms with E-state index < -0.39 is 0 Å². The quantitative estimate of drug-likeness (QED) is 0.506. The molecule has 0 aliphatic heterocycles. The number of carbonyl (C=O) groups is 1. The number of para-hydroxylation sites is 1. The summed E-state index contributed by atoms with van der Waals surface area (Å²) < 4.78 is 7.14. The number of hydrogen-bond acceptors (Lipinski definition) is 2. The monoisotopic (exact) mass is 381 g/mol. The standard InChI is InChI=1S/C23H24ClNO2/c1-15-18(22(26)27-5)14-21(16-10-12-17(24)13-11-16)25(15)20-9-7-6-8-19(20)23(2,3)4/h6-14H,1-5H3. The molecule has 3 rings (SSSR count). The number of benzene rings is 2. The SMILES string of the molecule is COC(=O)c1cc(-c2ccc(Cl)cc2)n(-c2ccccc2C(C)(C)C)c1C. The van der Waals surface area contributed by atoms with Gasteiger partial charge < -0.3 is 9.30 Å². The van der Waals surface area contributed by atoms with Crippen molar-refractivity contribution in [3.8, 4) is 16.9 Å². The van der Waals surface area contributed by atoms with Gasteiger partial charge in [-0.1, -0.05) is 62.7 Å². The summed E-state index contributed by atoms with van der Waals surface area (Å²) in [6, 6.07) is 17.8. The average molecular weight is 382 g/mol. The molecule has 27 heavy (non-hydrogen) atoms. The fraction of sp³-hybridized carbons (Fsp3) is 0.261. The van der Waals surface area contributed by atoms with Crippen LogP contribution < -0.4 is 0 Å². The zero-order valence-electron chi connectivity index (χ0n) is 16.3. The number of carbonyl (C=O) groups excluding carboxylic acids is 1. The predicted molar refractivity (Wildman–Crippen MR) is 111 cm³/mol. The van der Waals surface area contributed by atoms with Crippen molar-refractivity contribution in [1.29, 1.82) is 0 Å². The first kappa shape index (κ1) is 19.2. The highest BCUT2D eigenvalue weighted by molar-refractivity contribution is 6.30. The number of halogens is 1. The molecule has 0 spiro atoms. The second-order valence-electron chi connectivity index (χ2n) is 7.63. The normalized spacial score (nSPS) is 11.5. The number of nitrogens with zero attached hydrogens (tertiary/aromatic N) is 1.